The summed E-state index contributed by atoms with van der Waals surface area (Å²) in [6.45, 7) is 8.90. The van der Waals surface area contributed by atoms with Crippen molar-refractivity contribution in [1.29, 1.82) is 0 Å². The fraction of sp³-hybridized carbons (Fsp3) is 0.952. The van der Waals surface area contributed by atoms with E-state index in [2.05, 4.69) is 32.9 Å². The van der Waals surface area contributed by atoms with Crippen LogP contribution in [0, 0.1) is 11.8 Å². The van der Waals surface area contributed by atoms with Gasteiger partial charge in [0.2, 0.25) is 0 Å². The third-order valence-corrected chi connectivity index (χ3v) is 4.87. The molecule has 0 amide bonds. The highest BCUT2D eigenvalue weighted by molar-refractivity contribution is 5.85. The van der Waals surface area contributed by atoms with Gasteiger partial charge in [-0.3, -0.25) is 0 Å². The Morgan fingerprint density at radius 3 is 1.65 bits per heavy atom. The van der Waals surface area contributed by atoms with Crippen LogP contribution in [0.2, 0.25) is 0 Å². The summed E-state index contributed by atoms with van der Waals surface area (Å²) in [5, 5.41) is 12.7. The van der Waals surface area contributed by atoms with Crippen LogP contribution >= 0.6 is 0 Å². The lowest BCUT2D eigenvalue weighted by Crippen LogP contribution is -2.16. The summed E-state index contributed by atoms with van der Waals surface area (Å²) in [7, 11) is 0. The monoisotopic (exact) mass is 325 g/mol. The molecule has 0 saturated heterocycles. The molecule has 0 aliphatic carbocycles. The predicted octanol–water partition coefficient (Wildman–Crippen LogP) is 7.59. The Kier molecular flexibility index (Phi) is 16.0. The van der Waals surface area contributed by atoms with Gasteiger partial charge in [0.1, 0.15) is 0 Å². The van der Waals surface area contributed by atoms with Crippen molar-refractivity contribution in [2.75, 3.05) is 0 Å². The fourth-order valence-electron chi connectivity index (χ4n) is 3.49. The molecule has 0 aromatic heterocycles. The first kappa shape index (κ1) is 22.5. The Hall–Kier alpha value is -0.530. The minimum atomic E-state index is 0.489. The standard InChI is InChI=1S/C21H43NO/c1-5-7-8-9-10-11-12-13-14-15-16-17-20(18-19(3)4)21(6-2)22-23/h19-20,23H,5-18H2,1-4H3. The quantitative estimate of drug-likeness (QED) is 0.135. The van der Waals surface area contributed by atoms with Crippen molar-refractivity contribution in [3.63, 3.8) is 0 Å². The lowest BCUT2D eigenvalue weighted by Gasteiger charge is -2.19. The second-order valence-electron chi connectivity index (χ2n) is 7.60. The Morgan fingerprint density at radius 1 is 0.783 bits per heavy atom. The molecule has 1 unspecified atom stereocenters. The van der Waals surface area contributed by atoms with Crippen LogP contribution in [0.3, 0.4) is 0 Å². The van der Waals surface area contributed by atoms with Gasteiger partial charge >= 0.3 is 0 Å². The molecule has 0 bridgehead atoms. The van der Waals surface area contributed by atoms with E-state index < -0.39 is 0 Å². The maximum absolute atomic E-state index is 9.17. The van der Waals surface area contributed by atoms with E-state index in [1.807, 2.05) is 0 Å². The fourth-order valence-corrected chi connectivity index (χ4v) is 3.49. The zero-order valence-electron chi connectivity index (χ0n) is 16.4. The molecule has 1 N–H and O–H groups in total. The second-order valence-corrected chi connectivity index (χ2v) is 7.60. The van der Waals surface area contributed by atoms with Crippen molar-refractivity contribution in [2.45, 2.75) is 118 Å². The van der Waals surface area contributed by atoms with Crippen LogP contribution in [0.5, 0.6) is 0 Å². The van der Waals surface area contributed by atoms with E-state index in [4.69, 9.17) is 0 Å². The topological polar surface area (TPSA) is 32.6 Å². The average molecular weight is 326 g/mol. The highest BCUT2D eigenvalue weighted by Crippen LogP contribution is 2.22. The summed E-state index contributed by atoms with van der Waals surface area (Å²) < 4.78 is 0. The molecule has 2 heteroatoms. The summed E-state index contributed by atoms with van der Waals surface area (Å²) in [6.07, 6.45) is 18.5. The van der Waals surface area contributed by atoms with E-state index in [0.29, 0.717) is 11.8 Å². The van der Waals surface area contributed by atoms with Crippen molar-refractivity contribution in [2.24, 2.45) is 17.0 Å². The Labute approximate surface area is 146 Å². The molecule has 2 nitrogen and oxygen atoms in total. The van der Waals surface area contributed by atoms with Crippen LogP contribution in [0.15, 0.2) is 5.16 Å². The number of nitrogens with zero attached hydrogens (tertiary/aromatic N) is 1. The molecule has 1 atom stereocenters. The molecule has 138 valence electrons. The number of rotatable bonds is 16. The lowest BCUT2D eigenvalue weighted by atomic mass is 9.87. The van der Waals surface area contributed by atoms with E-state index in [1.54, 1.807) is 0 Å². The van der Waals surface area contributed by atoms with Crippen molar-refractivity contribution in [3.8, 4) is 0 Å². The molecule has 0 aliphatic rings. The Balaban J connectivity index is 3.63. The van der Waals surface area contributed by atoms with E-state index in [1.165, 1.54) is 77.0 Å². The normalized spacial score (nSPS) is 13.7. The number of oxime groups is 1. The summed E-state index contributed by atoms with van der Waals surface area (Å²) in [6, 6.07) is 0. The molecule has 0 radical (unpaired) electrons. The van der Waals surface area contributed by atoms with Gasteiger partial charge in [0.25, 0.3) is 0 Å². The van der Waals surface area contributed by atoms with Gasteiger partial charge in [-0.1, -0.05) is 103 Å². The van der Waals surface area contributed by atoms with E-state index in [-0.39, 0.29) is 0 Å². The molecule has 0 rings (SSSR count). The van der Waals surface area contributed by atoms with Crippen molar-refractivity contribution in [1.82, 2.24) is 0 Å². The highest BCUT2D eigenvalue weighted by atomic mass is 16.4. The maximum Gasteiger partial charge on any atom is 0.0599 e. The van der Waals surface area contributed by atoms with Gasteiger partial charge in [-0.05, 0) is 25.2 Å². The van der Waals surface area contributed by atoms with Gasteiger partial charge in [-0.25, -0.2) is 0 Å². The van der Waals surface area contributed by atoms with Gasteiger partial charge in [0, 0.05) is 5.92 Å². The molecule has 0 spiro atoms. The molecule has 0 saturated carbocycles. The van der Waals surface area contributed by atoms with Gasteiger partial charge in [-0.15, -0.1) is 0 Å². The third-order valence-electron chi connectivity index (χ3n) is 4.87. The van der Waals surface area contributed by atoms with Gasteiger partial charge in [0.05, 0.1) is 5.71 Å². The van der Waals surface area contributed by atoms with E-state index in [9.17, 15) is 5.21 Å². The van der Waals surface area contributed by atoms with Gasteiger partial charge in [0.15, 0.2) is 0 Å². The van der Waals surface area contributed by atoms with Crippen LogP contribution in [-0.4, -0.2) is 10.9 Å². The summed E-state index contributed by atoms with van der Waals surface area (Å²) in [4.78, 5) is 0. The number of unbranched alkanes of at least 4 members (excludes halogenated alkanes) is 10. The molecule has 0 aliphatic heterocycles. The third kappa shape index (κ3) is 13.6. The molecule has 0 aromatic rings. The molecule has 0 heterocycles. The van der Waals surface area contributed by atoms with Crippen molar-refractivity contribution >= 4 is 5.71 Å². The smallest absolute Gasteiger partial charge is 0.0599 e. The minimum absolute atomic E-state index is 0.489. The Bertz CT molecular complexity index is 273. The van der Waals surface area contributed by atoms with Crippen LogP contribution < -0.4 is 0 Å². The first-order valence-electron chi connectivity index (χ1n) is 10.4. The number of hydrogen-bond donors (Lipinski definition) is 1. The largest absolute Gasteiger partial charge is 0.411 e. The predicted molar refractivity (Wildman–Crippen MR) is 104 cm³/mol. The number of hydrogen-bond acceptors (Lipinski definition) is 2. The molecular weight excluding hydrogens is 282 g/mol. The molecule has 0 fully saturated rings. The zero-order valence-corrected chi connectivity index (χ0v) is 16.4. The van der Waals surface area contributed by atoms with Crippen LogP contribution in [0.25, 0.3) is 0 Å². The zero-order chi connectivity index (χ0) is 17.3. The van der Waals surface area contributed by atoms with Crippen LogP contribution in [-0.2, 0) is 0 Å². The Morgan fingerprint density at radius 2 is 1.26 bits per heavy atom. The second kappa shape index (κ2) is 16.3. The SMILES string of the molecule is CCCCCCCCCCCCCC(CC(C)C)C(CC)=NO. The minimum Gasteiger partial charge on any atom is -0.411 e. The molecule has 23 heavy (non-hydrogen) atoms. The maximum atomic E-state index is 9.17. The summed E-state index contributed by atoms with van der Waals surface area (Å²) in [5.74, 6) is 1.17. The highest BCUT2D eigenvalue weighted by Gasteiger charge is 2.16. The van der Waals surface area contributed by atoms with Crippen molar-refractivity contribution in [3.05, 3.63) is 0 Å². The average Bonchev–Trinajstić information content (AvgIpc) is 2.53. The first-order chi connectivity index (χ1) is 11.2. The summed E-state index contributed by atoms with van der Waals surface area (Å²) in [5.41, 5.74) is 1.01. The lowest BCUT2D eigenvalue weighted by molar-refractivity contribution is 0.309. The molecule has 0 aromatic carbocycles. The van der Waals surface area contributed by atoms with Gasteiger partial charge < -0.3 is 5.21 Å². The van der Waals surface area contributed by atoms with Gasteiger partial charge in [-0.2, -0.15) is 0 Å². The summed E-state index contributed by atoms with van der Waals surface area (Å²) >= 11 is 0. The first-order valence-corrected chi connectivity index (χ1v) is 10.4. The van der Waals surface area contributed by atoms with Crippen molar-refractivity contribution < 1.29 is 5.21 Å². The molecular formula is C21H43NO. The van der Waals surface area contributed by atoms with E-state index in [0.717, 1.165) is 18.6 Å². The van der Waals surface area contributed by atoms with Crippen LogP contribution in [0.1, 0.15) is 118 Å². The van der Waals surface area contributed by atoms with Crippen LogP contribution in [0.4, 0.5) is 0 Å². The van der Waals surface area contributed by atoms with E-state index >= 15 is 0 Å².